The van der Waals surface area contributed by atoms with Crippen LogP contribution in [0.1, 0.15) is 27.0 Å². The normalized spacial score (nSPS) is 14.2. The fourth-order valence-electron chi connectivity index (χ4n) is 3.18. The van der Waals surface area contributed by atoms with Gasteiger partial charge in [-0.25, -0.2) is 9.59 Å². The number of carbonyl (C=O) groups is 2. The molecule has 1 heterocycles. The number of nitrogens with one attached hydrogen (secondary N) is 2. The molecule has 2 aromatic rings. The van der Waals surface area contributed by atoms with Gasteiger partial charge < -0.3 is 20.1 Å². The van der Waals surface area contributed by atoms with E-state index in [0.29, 0.717) is 18.7 Å². The number of nitrogens with zero attached hydrogens (tertiary/aromatic N) is 1. The fraction of sp³-hybridized carbons (Fsp3) is 0.364. The lowest BCUT2D eigenvalue weighted by Gasteiger charge is -2.27. The summed E-state index contributed by atoms with van der Waals surface area (Å²) in [5.74, 6) is -0.377. The Labute approximate surface area is 171 Å². The maximum Gasteiger partial charge on any atom is 0.337 e. The van der Waals surface area contributed by atoms with E-state index in [2.05, 4.69) is 26.3 Å². The molecule has 0 radical (unpaired) electrons. The van der Waals surface area contributed by atoms with E-state index in [9.17, 15) is 9.59 Å². The lowest BCUT2D eigenvalue weighted by molar-refractivity contribution is 0.0340. The summed E-state index contributed by atoms with van der Waals surface area (Å²) in [6.45, 7) is 5.09. The Hall–Kier alpha value is -2.90. The first-order valence-electron chi connectivity index (χ1n) is 9.71. The molecule has 2 aromatic carbocycles. The molecule has 7 nitrogen and oxygen atoms in total. The molecule has 0 atom stereocenters. The van der Waals surface area contributed by atoms with E-state index in [4.69, 9.17) is 4.74 Å². The first-order chi connectivity index (χ1) is 14.2. The second-order valence-corrected chi connectivity index (χ2v) is 6.88. The zero-order valence-electron chi connectivity index (χ0n) is 16.6. The van der Waals surface area contributed by atoms with Crippen molar-refractivity contribution in [2.45, 2.75) is 19.6 Å². The molecular formula is C22H27N3O4. The topological polar surface area (TPSA) is 79.9 Å². The van der Waals surface area contributed by atoms with Gasteiger partial charge in [-0.15, -0.1) is 0 Å². The number of amides is 2. The molecule has 1 aliphatic rings. The van der Waals surface area contributed by atoms with Crippen LogP contribution in [0, 0.1) is 0 Å². The van der Waals surface area contributed by atoms with Crippen LogP contribution in [0.15, 0.2) is 48.5 Å². The van der Waals surface area contributed by atoms with E-state index >= 15 is 0 Å². The monoisotopic (exact) mass is 397 g/mol. The number of hydrogen-bond donors (Lipinski definition) is 2. The quantitative estimate of drug-likeness (QED) is 0.701. The molecule has 0 aromatic heterocycles. The molecule has 2 amide bonds. The predicted molar refractivity (Wildman–Crippen MR) is 109 cm³/mol. The van der Waals surface area contributed by atoms with E-state index in [1.807, 2.05) is 18.2 Å². The van der Waals surface area contributed by atoms with Crippen molar-refractivity contribution in [1.82, 2.24) is 15.5 Å². The van der Waals surface area contributed by atoms with Gasteiger partial charge in [-0.05, 0) is 28.8 Å². The van der Waals surface area contributed by atoms with Crippen LogP contribution in [0.5, 0.6) is 0 Å². The highest BCUT2D eigenvalue weighted by atomic mass is 16.5. The molecular weight excluding hydrogens is 370 g/mol. The minimum absolute atomic E-state index is 0.233. The summed E-state index contributed by atoms with van der Waals surface area (Å²) < 4.78 is 10.1. The van der Waals surface area contributed by atoms with Crippen molar-refractivity contribution < 1.29 is 19.1 Å². The fourth-order valence-corrected chi connectivity index (χ4v) is 3.18. The van der Waals surface area contributed by atoms with Crippen LogP contribution in [-0.2, 0) is 29.1 Å². The van der Waals surface area contributed by atoms with Gasteiger partial charge in [0.15, 0.2) is 0 Å². The van der Waals surface area contributed by atoms with Crippen LogP contribution < -0.4 is 10.6 Å². The number of carbonyl (C=O) groups excluding carboxylic acids is 2. The molecule has 7 heteroatoms. The van der Waals surface area contributed by atoms with Crippen LogP contribution in [0.4, 0.5) is 4.79 Å². The molecule has 0 bridgehead atoms. The minimum atomic E-state index is -0.377. The number of hydrogen-bond acceptors (Lipinski definition) is 5. The van der Waals surface area contributed by atoms with Crippen molar-refractivity contribution in [3.8, 4) is 0 Å². The second kappa shape index (κ2) is 10.6. The van der Waals surface area contributed by atoms with E-state index in [0.717, 1.165) is 44.0 Å². The Bertz CT molecular complexity index is 817. The second-order valence-electron chi connectivity index (χ2n) is 6.88. The molecule has 29 heavy (non-hydrogen) atoms. The molecule has 0 aliphatic carbocycles. The SMILES string of the molecule is COC(=O)c1ccc(CNC(=O)NCc2ccccc2CN2CCOCC2)cc1. The van der Waals surface area contributed by atoms with E-state index in [1.54, 1.807) is 24.3 Å². The van der Waals surface area contributed by atoms with Crippen molar-refractivity contribution in [3.05, 3.63) is 70.8 Å². The van der Waals surface area contributed by atoms with Gasteiger partial charge in [0.05, 0.1) is 25.9 Å². The third-order valence-corrected chi connectivity index (χ3v) is 4.88. The summed E-state index contributed by atoms with van der Waals surface area (Å²) in [6.07, 6.45) is 0. The number of esters is 1. The van der Waals surface area contributed by atoms with Gasteiger partial charge in [0, 0.05) is 32.7 Å². The summed E-state index contributed by atoms with van der Waals surface area (Å²) in [5, 5.41) is 5.76. The molecule has 1 fully saturated rings. The zero-order chi connectivity index (χ0) is 20.5. The Morgan fingerprint density at radius 1 is 0.966 bits per heavy atom. The summed E-state index contributed by atoms with van der Waals surface area (Å²) in [5.41, 5.74) is 3.71. The molecule has 0 unspecified atom stereocenters. The third-order valence-electron chi connectivity index (χ3n) is 4.88. The van der Waals surface area contributed by atoms with Crippen LogP contribution in [0.25, 0.3) is 0 Å². The van der Waals surface area contributed by atoms with Crippen molar-refractivity contribution >= 4 is 12.0 Å². The first kappa shape index (κ1) is 20.8. The molecule has 1 aliphatic heterocycles. The highest BCUT2D eigenvalue weighted by Gasteiger charge is 2.13. The van der Waals surface area contributed by atoms with Crippen molar-refractivity contribution in [2.24, 2.45) is 0 Å². The zero-order valence-corrected chi connectivity index (χ0v) is 16.6. The highest BCUT2D eigenvalue weighted by molar-refractivity contribution is 5.89. The van der Waals surface area contributed by atoms with Gasteiger partial charge in [-0.1, -0.05) is 36.4 Å². The average Bonchev–Trinajstić information content (AvgIpc) is 2.77. The van der Waals surface area contributed by atoms with Gasteiger partial charge in [0.25, 0.3) is 0 Å². The molecule has 1 saturated heterocycles. The van der Waals surface area contributed by atoms with E-state index in [1.165, 1.54) is 12.7 Å². The largest absolute Gasteiger partial charge is 0.465 e. The molecule has 0 spiro atoms. The Kier molecular flexibility index (Phi) is 7.61. The van der Waals surface area contributed by atoms with Crippen molar-refractivity contribution in [1.29, 1.82) is 0 Å². The van der Waals surface area contributed by atoms with Gasteiger partial charge in [0.2, 0.25) is 0 Å². The lowest BCUT2D eigenvalue weighted by atomic mass is 10.1. The van der Waals surface area contributed by atoms with Crippen LogP contribution in [-0.4, -0.2) is 50.3 Å². The Balaban J connectivity index is 1.47. The smallest absolute Gasteiger partial charge is 0.337 e. The minimum Gasteiger partial charge on any atom is -0.465 e. The third kappa shape index (κ3) is 6.30. The number of methoxy groups -OCH3 is 1. The van der Waals surface area contributed by atoms with E-state index in [-0.39, 0.29) is 12.0 Å². The molecule has 154 valence electrons. The molecule has 3 rings (SSSR count). The number of rotatable bonds is 7. The average molecular weight is 397 g/mol. The Morgan fingerprint density at radius 2 is 1.62 bits per heavy atom. The van der Waals surface area contributed by atoms with Crippen LogP contribution in [0.3, 0.4) is 0 Å². The standard InChI is InChI=1S/C22H27N3O4/c1-28-21(26)18-8-6-17(7-9-18)14-23-22(27)24-15-19-4-2-3-5-20(19)16-25-10-12-29-13-11-25/h2-9H,10-16H2,1H3,(H2,23,24,27). The number of urea groups is 1. The van der Waals surface area contributed by atoms with Gasteiger partial charge >= 0.3 is 12.0 Å². The number of benzene rings is 2. The van der Waals surface area contributed by atoms with Crippen LogP contribution in [0.2, 0.25) is 0 Å². The molecule has 2 N–H and O–H groups in total. The van der Waals surface area contributed by atoms with E-state index < -0.39 is 0 Å². The highest BCUT2D eigenvalue weighted by Crippen LogP contribution is 2.13. The summed E-state index contributed by atoms with van der Waals surface area (Å²) in [4.78, 5) is 26.0. The first-order valence-corrected chi connectivity index (χ1v) is 9.71. The maximum atomic E-state index is 12.2. The lowest BCUT2D eigenvalue weighted by Crippen LogP contribution is -2.37. The van der Waals surface area contributed by atoms with Crippen LogP contribution >= 0.6 is 0 Å². The number of morpholine rings is 1. The molecule has 0 saturated carbocycles. The summed E-state index contributed by atoms with van der Waals surface area (Å²) >= 11 is 0. The Morgan fingerprint density at radius 3 is 2.31 bits per heavy atom. The number of ether oxygens (including phenoxy) is 2. The van der Waals surface area contributed by atoms with Crippen molar-refractivity contribution in [2.75, 3.05) is 33.4 Å². The van der Waals surface area contributed by atoms with Gasteiger partial charge in [-0.2, -0.15) is 0 Å². The predicted octanol–water partition coefficient (Wildman–Crippen LogP) is 2.30. The van der Waals surface area contributed by atoms with Crippen molar-refractivity contribution in [3.63, 3.8) is 0 Å². The summed E-state index contributed by atoms with van der Waals surface area (Å²) in [7, 11) is 1.35. The van der Waals surface area contributed by atoms with Gasteiger partial charge in [-0.3, -0.25) is 4.90 Å². The van der Waals surface area contributed by atoms with Gasteiger partial charge in [0.1, 0.15) is 0 Å². The maximum absolute atomic E-state index is 12.2. The summed E-state index contributed by atoms with van der Waals surface area (Å²) in [6, 6.07) is 14.9.